The molecule has 0 N–H and O–H groups in total. The molecule has 0 fully saturated rings. The van der Waals surface area contributed by atoms with Crippen molar-refractivity contribution in [3.8, 4) is 11.5 Å². The standard InChI is InChI=1S/C22H21F5O.C21H19F5O/c1-2-3-4-5-14-6-8-15(9-7-14)16-10-11-18-17(12-16)13-19(23)21(20(18)24)28-22(25,26)27;1-2-3-4-13-5-7-14(8-6-13)15-9-10-17-16(11-15)12-18(22)20(19(17)23)27-21(24,25)26/h6-9,12-13H,2-5,10-11H2,1H3;5-8,11-12H,2-4,9-10H2,1H3. The molecule has 0 atom stereocenters. The van der Waals surface area contributed by atoms with Crippen LogP contribution in [0.3, 0.4) is 0 Å². The molecule has 2 aliphatic rings. The van der Waals surface area contributed by atoms with Crippen LogP contribution >= 0.6 is 0 Å². The third-order valence-corrected chi connectivity index (χ3v) is 9.54. The number of rotatable bonds is 11. The van der Waals surface area contributed by atoms with Gasteiger partial charge in [0.15, 0.2) is 23.3 Å². The molecule has 0 saturated heterocycles. The van der Waals surface area contributed by atoms with Crippen LogP contribution in [0.5, 0.6) is 11.5 Å². The molecule has 2 nitrogen and oxygen atoms in total. The largest absolute Gasteiger partial charge is 0.573 e. The van der Waals surface area contributed by atoms with E-state index in [1.807, 2.05) is 48.5 Å². The van der Waals surface area contributed by atoms with Gasteiger partial charge < -0.3 is 9.47 Å². The van der Waals surface area contributed by atoms with Crippen LogP contribution in [0.2, 0.25) is 0 Å². The van der Waals surface area contributed by atoms with Gasteiger partial charge in [-0.05, 0) is 119 Å². The second-order valence-corrected chi connectivity index (χ2v) is 13.5. The molecule has 0 amide bonds. The van der Waals surface area contributed by atoms with E-state index < -0.39 is 47.5 Å². The van der Waals surface area contributed by atoms with E-state index in [1.165, 1.54) is 17.5 Å². The highest BCUT2D eigenvalue weighted by atomic mass is 19.4. The Balaban J connectivity index is 0.000000211. The number of ether oxygens (including phenoxy) is 2. The number of unbranched alkanes of at least 4 members (excludes halogenated alkanes) is 3. The highest BCUT2D eigenvalue weighted by Crippen LogP contribution is 2.40. The van der Waals surface area contributed by atoms with Crippen molar-refractivity contribution in [1.82, 2.24) is 0 Å². The van der Waals surface area contributed by atoms with Gasteiger partial charge in [0.2, 0.25) is 11.5 Å². The van der Waals surface area contributed by atoms with Crippen molar-refractivity contribution in [2.45, 2.75) is 97.2 Å². The molecule has 12 heteroatoms. The third-order valence-electron chi connectivity index (χ3n) is 9.54. The SMILES string of the molecule is CCCCCc1ccc(C2=Cc3cc(F)c(OC(F)(F)F)c(F)c3CC2)cc1.CCCCc1ccc(C2=Cc3cc(F)c(OC(F)(F)F)c(F)c3CC2)cc1. The molecule has 4 aromatic carbocycles. The van der Waals surface area contributed by atoms with E-state index in [9.17, 15) is 43.9 Å². The first-order chi connectivity index (χ1) is 26.1. The van der Waals surface area contributed by atoms with Gasteiger partial charge in [0.1, 0.15) is 0 Å². The predicted octanol–water partition coefficient (Wildman–Crippen LogP) is 13.8. The van der Waals surface area contributed by atoms with Crippen LogP contribution in [0.25, 0.3) is 23.3 Å². The monoisotopic (exact) mass is 778 g/mol. The van der Waals surface area contributed by atoms with Crippen molar-refractivity contribution in [2.75, 3.05) is 0 Å². The zero-order valence-electron chi connectivity index (χ0n) is 30.3. The molecule has 0 heterocycles. The first-order valence-electron chi connectivity index (χ1n) is 18.2. The van der Waals surface area contributed by atoms with Crippen molar-refractivity contribution in [3.63, 3.8) is 0 Å². The average Bonchev–Trinajstić information content (AvgIpc) is 3.14. The molecular weight excluding hydrogens is 738 g/mol. The highest BCUT2D eigenvalue weighted by Gasteiger charge is 2.36. The molecule has 294 valence electrons. The fourth-order valence-corrected chi connectivity index (χ4v) is 6.73. The summed E-state index contributed by atoms with van der Waals surface area (Å²) < 4.78 is 138. The molecule has 4 aromatic rings. The number of alkyl halides is 6. The molecule has 0 aliphatic heterocycles. The molecule has 6 rings (SSSR count). The van der Waals surface area contributed by atoms with Crippen molar-refractivity contribution in [1.29, 1.82) is 0 Å². The third kappa shape index (κ3) is 10.9. The van der Waals surface area contributed by atoms with E-state index >= 15 is 0 Å². The molecule has 0 unspecified atom stereocenters. The lowest BCUT2D eigenvalue weighted by molar-refractivity contribution is -0.277. The summed E-state index contributed by atoms with van der Waals surface area (Å²) in [6, 6.07) is 17.8. The van der Waals surface area contributed by atoms with Crippen LogP contribution < -0.4 is 9.47 Å². The Hall–Kier alpha value is -4.74. The van der Waals surface area contributed by atoms with Crippen LogP contribution in [0, 0.1) is 23.3 Å². The summed E-state index contributed by atoms with van der Waals surface area (Å²) in [7, 11) is 0. The van der Waals surface area contributed by atoms with E-state index in [4.69, 9.17) is 0 Å². The first-order valence-corrected chi connectivity index (χ1v) is 18.2. The minimum absolute atomic E-state index is 0.0407. The molecule has 2 aliphatic carbocycles. The fourth-order valence-electron chi connectivity index (χ4n) is 6.73. The fraction of sp³-hybridized carbons (Fsp3) is 0.349. The van der Waals surface area contributed by atoms with Crippen molar-refractivity contribution in [2.24, 2.45) is 0 Å². The number of fused-ring (bicyclic) bond motifs is 2. The maximum atomic E-state index is 14.4. The predicted molar refractivity (Wildman–Crippen MR) is 193 cm³/mol. The van der Waals surface area contributed by atoms with Gasteiger partial charge in [-0.15, -0.1) is 26.3 Å². The van der Waals surface area contributed by atoms with Crippen LogP contribution in [0.15, 0.2) is 60.7 Å². The topological polar surface area (TPSA) is 18.5 Å². The van der Waals surface area contributed by atoms with Crippen molar-refractivity contribution < 1.29 is 53.4 Å². The smallest absolute Gasteiger partial charge is 0.399 e. The zero-order valence-corrected chi connectivity index (χ0v) is 30.3. The number of benzene rings is 4. The van der Waals surface area contributed by atoms with E-state index in [2.05, 4.69) is 23.3 Å². The van der Waals surface area contributed by atoms with Gasteiger partial charge in [-0.25, -0.2) is 17.6 Å². The lowest BCUT2D eigenvalue weighted by atomic mass is 9.87. The van der Waals surface area contributed by atoms with Gasteiger partial charge in [-0.2, -0.15) is 0 Å². The minimum atomic E-state index is -5.15. The molecule has 0 radical (unpaired) electrons. The van der Waals surface area contributed by atoms with E-state index in [1.54, 1.807) is 12.2 Å². The lowest BCUT2D eigenvalue weighted by Gasteiger charge is -2.20. The summed E-state index contributed by atoms with van der Waals surface area (Å²) in [5.41, 5.74) is 6.72. The number of hydrogen-bond acceptors (Lipinski definition) is 2. The van der Waals surface area contributed by atoms with Crippen molar-refractivity contribution in [3.05, 3.63) is 128 Å². The van der Waals surface area contributed by atoms with E-state index in [0.717, 1.165) is 72.9 Å². The molecule has 0 spiro atoms. The molecule has 0 aromatic heterocycles. The number of hydrogen-bond donors (Lipinski definition) is 0. The minimum Gasteiger partial charge on any atom is -0.399 e. The summed E-state index contributed by atoms with van der Waals surface area (Å²) in [5.74, 6) is -8.08. The maximum Gasteiger partial charge on any atom is 0.573 e. The summed E-state index contributed by atoms with van der Waals surface area (Å²) in [5, 5.41) is 0. The Morgan fingerprint density at radius 1 is 0.509 bits per heavy atom. The molecule has 0 saturated carbocycles. The second-order valence-electron chi connectivity index (χ2n) is 13.5. The summed E-state index contributed by atoms with van der Waals surface area (Å²) in [6.07, 6.45) is 1.93. The van der Waals surface area contributed by atoms with Gasteiger partial charge in [-0.1, -0.05) is 93.8 Å². The highest BCUT2D eigenvalue weighted by molar-refractivity contribution is 5.85. The Morgan fingerprint density at radius 2 is 0.891 bits per heavy atom. The Bertz CT molecular complexity index is 2010. The number of halogens is 10. The zero-order chi connectivity index (χ0) is 39.9. The maximum absolute atomic E-state index is 14.4. The summed E-state index contributed by atoms with van der Waals surface area (Å²) in [6.45, 7) is 4.28. The van der Waals surface area contributed by atoms with Gasteiger partial charge in [0.05, 0.1) is 0 Å². The van der Waals surface area contributed by atoms with Crippen LogP contribution in [0.1, 0.15) is 103 Å². The van der Waals surface area contributed by atoms with Crippen LogP contribution in [-0.4, -0.2) is 12.7 Å². The average molecular weight is 779 g/mol. The van der Waals surface area contributed by atoms with Gasteiger partial charge in [0.25, 0.3) is 0 Å². The lowest BCUT2D eigenvalue weighted by Crippen LogP contribution is -2.20. The van der Waals surface area contributed by atoms with Gasteiger partial charge >= 0.3 is 12.7 Å². The van der Waals surface area contributed by atoms with Gasteiger partial charge in [-0.3, -0.25) is 0 Å². The quantitative estimate of drug-likeness (QED) is 0.112. The summed E-state index contributed by atoms with van der Waals surface area (Å²) in [4.78, 5) is 0. The summed E-state index contributed by atoms with van der Waals surface area (Å²) >= 11 is 0. The van der Waals surface area contributed by atoms with E-state index in [0.29, 0.717) is 12.8 Å². The molecule has 55 heavy (non-hydrogen) atoms. The van der Waals surface area contributed by atoms with E-state index in [-0.39, 0.29) is 35.1 Å². The first kappa shape index (κ1) is 41.4. The Morgan fingerprint density at radius 3 is 1.25 bits per heavy atom. The Kier molecular flexibility index (Phi) is 13.4. The normalized spacial score (nSPS) is 13.9. The second kappa shape index (κ2) is 17.8. The van der Waals surface area contributed by atoms with Crippen LogP contribution in [-0.2, 0) is 25.7 Å². The van der Waals surface area contributed by atoms with Crippen molar-refractivity contribution >= 4 is 23.3 Å². The van der Waals surface area contributed by atoms with Gasteiger partial charge in [0, 0.05) is 0 Å². The number of aryl methyl sites for hydroxylation is 2. The molecular formula is C43H40F10O2. The Labute approximate surface area is 313 Å². The number of allylic oxidation sites excluding steroid dienone is 2. The van der Waals surface area contributed by atoms with Crippen LogP contribution in [0.4, 0.5) is 43.9 Å². The molecule has 0 bridgehead atoms.